The van der Waals surface area contributed by atoms with Gasteiger partial charge < -0.3 is 10.0 Å². The van der Waals surface area contributed by atoms with Crippen molar-refractivity contribution in [3.8, 4) is 0 Å². The van der Waals surface area contributed by atoms with E-state index in [1.807, 2.05) is 12.1 Å². The van der Waals surface area contributed by atoms with Gasteiger partial charge in [-0.15, -0.1) is 0 Å². The number of benzene rings is 1. The third-order valence-corrected chi connectivity index (χ3v) is 4.72. The van der Waals surface area contributed by atoms with E-state index in [2.05, 4.69) is 26.9 Å². The van der Waals surface area contributed by atoms with Gasteiger partial charge in [-0.25, -0.2) is 4.79 Å². The highest BCUT2D eigenvalue weighted by Gasteiger charge is 2.29. The smallest absolute Gasteiger partial charge is 0.328 e. The van der Waals surface area contributed by atoms with Crippen LogP contribution in [0.2, 0.25) is 0 Å². The summed E-state index contributed by atoms with van der Waals surface area (Å²) in [7, 11) is 0. The highest BCUT2D eigenvalue weighted by Crippen LogP contribution is 2.38. The third kappa shape index (κ3) is 4.34. The SMILES string of the molecule is O=C(O)/C=C/c1ccc(N(CC2CC2)CC2CC2)c(Br)c1. The number of nitrogens with zero attached hydrogens (tertiary/aromatic N) is 1. The second-order valence-electron chi connectivity index (χ2n) is 6.17. The molecule has 21 heavy (non-hydrogen) atoms. The first-order chi connectivity index (χ1) is 10.1. The predicted octanol–water partition coefficient (Wildman–Crippen LogP) is 4.17. The van der Waals surface area contributed by atoms with Gasteiger partial charge in [-0.1, -0.05) is 6.07 Å². The van der Waals surface area contributed by atoms with Crippen LogP contribution in [0.15, 0.2) is 28.7 Å². The van der Waals surface area contributed by atoms with Gasteiger partial charge in [0.25, 0.3) is 0 Å². The van der Waals surface area contributed by atoms with E-state index in [-0.39, 0.29) is 0 Å². The molecular formula is C17H20BrNO2. The molecule has 0 saturated heterocycles. The Morgan fingerprint density at radius 2 is 1.86 bits per heavy atom. The Kier molecular flexibility index (Phi) is 4.34. The number of carboxylic acids is 1. The molecule has 2 aliphatic carbocycles. The lowest BCUT2D eigenvalue weighted by atomic mass is 10.1. The zero-order chi connectivity index (χ0) is 14.8. The van der Waals surface area contributed by atoms with Crippen LogP contribution >= 0.6 is 15.9 Å². The predicted molar refractivity (Wildman–Crippen MR) is 88.5 cm³/mol. The molecule has 4 heteroatoms. The number of halogens is 1. The molecule has 0 unspecified atom stereocenters. The van der Waals surface area contributed by atoms with Crippen LogP contribution in [-0.2, 0) is 4.79 Å². The summed E-state index contributed by atoms with van der Waals surface area (Å²) in [4.78, 5) is 13.1. The molecule has 0 radical (unpaired) electrons. The summed E-state index contributed by atoms with van der Waals surface area (Å²) in [5.74, 6) is 0.809. The molecule has 2 aliphatic rings. The zero-order valence-corrected chi connectivity index (χ0v) is 13.6. The van der Waals surface area contributed by atoms with Crippen molar-refractivity contribution in [3.63, 3.8) is 0 Å². The van der Waals surface area contributed by atoms with Crippen LogP contribution in [0.25, 0.3) is 6.08 Å². The normalized spacial score (nSPS) is 18.1. The fraction of sp³-hybridized carbons (Fsp3) is 0.471. The van der Waals surface area contributed by atoms with Crippen LogP contribution in [0, 0.1) is 11.8 Å². The summed E-state index contributed by atoms with van der Waals surface area (Å²) in [6.45, 7) is 2.30. The Bertz CT molecular complexity index is 548. The van der Waals surface area contributed by atoms with E-state index in [0.717, 1.165) is 35.0 Å². The van der Waals surface area contributed by atoms with E-state index in [1.54, 1.807) is 6.08 Å². The number of carboxylic acid groups (broad SMARTS) is 1. The lowest BCUT2D eigenvalue weighted by Crippen LogP contribution is -2.28. The largest absolute Gasteiger partial charge is 0.478 e. The van der Waals surface area contributed by atoms with Gasteiger partial charge in [-0.05, 0) is 77.2 Å². The molecule has 3 nitrogen and oxygen atoms in total. The maximum atomic E-state index is 10.6. The summed E-state index contributed by atoms with van der Waals surface area (Å²) in [5.41, 5.74) is 2.15. The van der Waals surface area contributed by atoms with Crippen LogP contribution in [0.3, 0.4) is 0 Å². The Morgan fingerprint density at radius 3 is 2.33 bits per heavy atom. The molecule has 1 N–H and O–H groups in total. The van der Waals surface area contributed by atoms with Crippen molar-refractivity contribution in [2.45, 2.75) is 25.7 Å². The standard InChI is InChI=1S/C17H20BrNO2/c18-15-9-12(6-8-17(20)21)5-7-16(15)19(10-13-1-2-13)11-14-3-4-14/h5-9,13-14H,1-4,10-11H2,(H,20,21)/b8-6+. The number of hydrogen-bond acceptors (Lipinski definition) is 2. The van der Waals surface area contributed by atoms with Crippen LogP contribution in [0.5, 0.6) is 0 Å². The molecule has 0 bridgehead atoms. The molecule has 0 atom stereocenters. The number of hydrogen-bond donors (Lipinski definition) is 1. The van der Waals surface area contributed by atoms with Crippen molar-refractivity contribution >= 4 is 33.7 Å². The average molecular weight is 350 g/mol. The van der Waals surface area contributed by atoms with Gasteiger partial charge in [0.1, 0.15) is 0 Å². The van der Waals surface area contributed by atoms with Crippen molar-refractivity contribution in [1.82, 2.24) is 0 Å². The van der Waals surface area contributed by atoms with Crippen LogP contribution in [0.1, 0.15) is 31.2 Å². The van der Waals surface area contributed by atoms with E-state index >= 15 is 0 Å². The third-order valence-electron chi connectivity index (χ3n) is 4.08. The molecule has 0 spiro atoms. The van der Waals surface area contributed by atoms with Crippen molar-refractivity contribution in [1.29, 1.82) is 0 Å². The monoisotopic (exact) mass is 349 g/mol. The van der Waals surface area contributed by atoms with Gasteiger partial charge >= 0.3 is 5.97 Å². The Labute approximate surface area is 133 Å². The molecule has 0 heterocycles. The fourth-order valence-corrected chi connectivity index (χ4v) is 3.19. The van der Waals surface area contributed by atoms with Crippen molar-refractivity contribution in [3.05, 3.63) is 34.3 Å². The van der Waals surface area contributed by atoms with Gasteiger partial charge in [0.05, 0.1) is 5.69 Å². The van der Waals surface area contributed by atoms with E-state index in [4.69, 9.17) is 5.11 Å². The Hall–Kier alpha value is -1.29. The first kappa shape index (κ1) is 14.6. The van der Waals surface area contributed by atoms with Crippen molar-refractivity contribution in [2.24, 2.45) is 11.8 Å². The van der Waals surface area contributed by atoms with Gasteiger partial charge in [-0.3, -0.25) is 0 Å². The Morgan fingerprint density at radius 1 is 1.24 bits per heavy atom. The van der Waals surface area contributed by atoms with Crippen LogP contribution in [0.4, 0.5) is 5.69 Å². The maximum absolute atomic E-state index is 10.6. The quantitative estimate of drug-likeness (QED) is 0.751. The lowest BCUT2D eigenvalue weighted by Gasteiger charge is -2.26. The number of aliphatic carboxylic acids is 1. The minimum Gasteiger partial charge on any atom is -0.478 e. The number of rotatable bonds is 7. The maximum Gasteiger partial charge on any atom is 0.328 e. The number of carbonyl (C=O) groups is 1. The van der Waals surface area contributed by atoms with Gasteiger partial charge in [0, 0.05) is 23.6 Å². The molecule has 112 valence electrons. The molecule has 0 aromatic heterocycles. The summed E-state index contributed by atoms with van der Waals surface area (Å²) < 4.78 is 1.05. The lowest BCUT2D eigenvalue weighted by molar-refractivity contribution is -0.131. The van der Waals surface area contributed by atoms with Gasteiger partial charge in [0.2, 0.25) is 0 Å². The van der Waals surface area contributed by atoms with E-state index in [9.17, 15) is 4.79 Å². The van der Waals surface area contributed by atoms with E-state index < -0.39 is 5.97 Å². The zero-order valence-electron chi connectivity index (χ0n) is 12.0. The van der Waals surface area contributed by atoms with Crippen LogP contribution < -0.4 is 4.90 Å². The highest BCUT2D eigenvalue weighted by molar-refractivity contribution is 9.10. The van der Waals surface area contributed by atoms with Crippen molar-refractivity contribution in [2.75, 3.05) is 18.0 Å². The molecule has 2 saturated carbocycles. The molecule has 3 rings (SSSR count). The van der Waals surface area contributed by atoms with Gasteiger partial charge in [-0.2, -0.15) is 0 Å². The molecule has 2 fully saturated rings. The number of anilines is 1. The minimum absolute atomic E-state index is 0.863. The fourth-order valence-electron chi connectivity index (χ4n) is 2.55. The minimum atomic E-state index is -0.917. The highest BCUT2D eigenvalue weighted by atomic mass is 79.9. The van der Waals surface area contributed by atoms with Crippen molar-refractivity contribution < 1.29 is 9.90 Å². The first-order valence-electron chi connectivity index (χ1n) is 7.57. The van der Waals surface area contributed by atoms with E-state index in [0.29, 0.717) is 0 Å². The first-order valence-corrected chi connectivity index (χ1v) is 8.36. The molecule has 0 amide bonds. The Balaban J connectivity index is 1.76. The van der Waals surface area contributed by atoms with Crippen LogP contribution in [-0.4, -0.2) is 24.2 Å². The second-order valence-corrected chi connectivity index (χ2v) is 7.03. The summed E-state index contributed by atoms with van der Waals surface area (Å²) in [5, 5.41) is 8.69. The molecular weight excluding hydrogens is 330 g/mol. The summed E-state index contributed by atoms with van der Waals surface area (Å²) in [6, 6.07) is 6.10. The molecule has 1 aromatic rings. The second kappa shape index (κ2) is 6.22. The molecule has 1 aromatic carbocycles. The summed E-state index contributed by atoms with van der Waals surface area (Å²) >= 11 is 3.65. The topological polar surface area (TPSA) is 40.5 Å². The summed E-state index contributed by atoms with van der Waals surface area (Å²) in [6.07, 6.45) is 8.24. The average Bonchev–Trinajstić information content (AvgIpc) is 3.31. The molecule has 0 aliphatic heterocycles. The van der Waals surface area contributed by atoms with Gasteiger partial charge in [0.15, 0.2) is 0 Å². The van der Waals surface area contributed by atoms with E-state index in [1.165, 1.54) is 37.4 Å².